The van der Waals surface area contributed by atoms with E-state index < -0.39 is 7.62 Å². The smallest absolute Gasteiger partial charge is 0.120 e. The Kier molecular flexibility index (Phi) is 2.35. The molecule has 0 N–H and O–H groups in total. The summed E-state index contributed by atoms with van der Waals surface area (Å²) in [5, 5.41) is 0. The molecule has 0 aromatic heterocycles. The molecule has 0 saturated carbocycles. The average Bonchev–Trinajstić information content (AvgIpc) is 0.811. The van der Waals surface area contributed by atoms with Gasteiger partial charge in [0.25, 0.3) is 0 Å². The molecular weight excluding hydrogens is 104 g/mol. The van der Waals surface area contributed by atoms with Crippen LogP contribution in [0.25, 0.3) is 0 Å². The highest BCUT2D eigenvalue weighted by atomic mass is 35.6. The molecule has 0 aliphatic rings. The van der Waals surface area contributed by atoms with Gasteiger partial charge < -0.3 is 0 Å². The van der Waals surface area contributed by atoms with Crippen LogP contribution in [0.1, 0.15) is 0 Å². The second-order valence-corrected chi connectivity index (χ2v) is 7.51. The first-order valence-corrected chi connectivity index (χ1v) is 6.29. The molecule has 0 aromatic carbocycles. The van der Waals surface area contributed by atoms with E-state index >= 15 is 0 Å². The highest BCUT2D eigenvalue weighted by Gasteiger charge is 1.76. The summed E-state index contributed by atoms with van der Waals surface area (Å²) in [6.07, 6.45) is 0. The summed E-state index contributed by atoms with van der Waals surface area (Å²) in [4.78, 5) is 0. The number of halogens is 1. The number of hydrogen-bond donors (Lipinski definition) is 0. The summed E-state index contributed by atoms with van der Waals surface area (Å²) in [6.45, 7) is 1.98. The predicted molar refractivity (Wildman–Crippen MR) is 24.6 cm³/mol. The Labute approximate surface area is 35.7 Å². The van der Waals surface area contributed by atoms with Gasteiger partial charge in [-0.15, -0.1) is 0 Å². The Balaban J connectivity index is 2.32. The molecule has 0 aromatic rings. The SMILES string of the molecule is C[SiH]([Si])Cl. The van der Waals surface area contributed by atoms with E-state index in [1.165, 1.54) is 0 Å². The molecule has 0 amide bonds. The molecule has 1 unspecified atom stereocenters. The molecule has 0 saturated heterocycles. The zero-order chi connectivity index (χ0) is 3.58. The lowest BCUT2D eigenvalue weighted by Crippen LogP contribution is -1.90. The zero-order valence-electron chi connectivity index (χ0n) is 2.46. The topological polar surface area (TPSA) is 0 Å². The van der Waals surface area contributed by atoms with Crippen LogP contribution in [0, 0.1) is 0 Å². The fraction of sp³-hybridized carbons (Fsp3) is 1.00. The summed E-state index contributed by atoms with van der Waals surface area (Å²) in [6, 6.07) is 0. The molecule has 0 fully saturated rings. The lowest BCUT2D eigenvalue weighted by Gasteiger charge is -1.71. The van der Waals surface area contributed by atoms with E-state index in [-0.39, 0.29) is 0 Å². The molecule has 0 rings (SSSR count). The molecule has 0 aliphatic carbocycles. The van der Waals surface area contributed by atoms with E-state index in [0.717, 1.165) is 0 Å². The van der Waals surface area contributed by atoms with Gasteiger partial charge in [-0.1, -0.05) is 6.55 Å². The van der Waals surface area contributed by atoms with Gasteiger partial charge in [0.1, 0.15) is 7.62 Å². The monoisotopic (exact) mass is 107 g/mol. The Hall–Kier alpha value is 0.724. The van der Waals surface area contributed by atoms with Crippen LogP contribution < -0.4 is 0 Å². The first-order chi connectivity index (χ1) is 1.73. The van der Waals surface area contributed by atoms with Crippen molar-refractivity contribution in [1.29, 1.82) is 0 Å². The van der Waals surface area contributed by atoms with Gasteiger partial charge in [-0.05, 0) is 0 Å². The quantitative estimate of drug-likeness (QED) is 0.308. The van der Waals surface area contributed by atoms with Crippen molar-refractivity contribution >= 4 is 28.5 Å². The van der Waals surface area contributed by atoms with Gasteiger partial charge in [0.15, 0.2) is 0 Å². The third-order valence-electron chi connectivity index (χ3n) is 0. The second-order valence-electron chi connectivity index (χ2n) is 0.616. The lowest BCUT2D eigenvalue weighted by molar-refractivity contribution is 2.34. The van der Waals surface area contributed by atoms with Crippen LogP contribution in [0.15, 0.2) is 0 Å². The molecule has 0 heterocycles. The zero-order valence-corrected chi connectivity index (χ0v) is 5.37. The maximum Gasteiger partial charge on any atom is 0.120 e. The molecule has 0 aliphatic heterocycles. The average molecular weight is 108 g/mol. The summed E-state index contributed by atoms with van der Waals surface area (Å²) in [7, 11) is 2.35. The van der Waals surface area contributed by atoms with Crippen LogP contribution in [0.5, 0.6) is 0 Å². The molecule has 1 atom stereocenters. The van der Waals surface area contributed by atoms with Crippen LogP contribution in [-0.2, 0) is 0 Å². The maximum absolute atomic E-state index is 5.33. The summed E-state index contributed by atoms with van der Waals surface area (Å²) >= 11 is 5.33. The van der Waals surface area contributed by atoms with Crippen molar-refractivity contribution in [3.8, 4) is 0 Å². The standard InChI is InChI=1S/CH4ClSi2/c1-4(2)3/h4H,1H3. The molecule has 3 radical (unpaired) electrons. The van der Waals surface area contributed by atoms with E-state index in [9.17, 15) is 0 Å². The lowest BCUT2D eigenvalue weighted by atomic mass is 11.9. The Bertz CT molecular complexity index is 10.8. The highest BCUT2D eigenvalue weighted by Crippen LogP contribution is 1.72. The maximum atomic E-state index is 5.33. The molecule has 0 bridgehead atoms. The molecular formula is CH4ClSi2. The molecule has 3 heteroatoms. The van der Waals surface area contributed by atoms with Gasteiger partial charge in [-0.2, -0.15) is 11.1 Å². The normalized spacial score (nSPS) is 15.8. The first kappa shape index (κ1) is 4.72. The van der Waals surface area contributed by atoms with Crippen LogP contribution in [0.2, 0.25) is 6.55 Å². The summed E-state index contributed by atoms with van der Waals surface area (Å²) in [5.41, 5.74) is 0. The van der Waals surface area contributed by atoms with Crippen LogP contribution >= 0.6 is 11.1 Å². The fourth-order valence-electron chi connectivity index (χ4n) is 0. The van der Waals surface area contributed by atoms with Gasteiger partial charge >= 0.3 is 0 Å². The molecule has 4 heavy (non-hydrogen) atoms. The minimum absolute atomic E-state index is 0.861. The Morgan fingerprint density at radius 3 is 2.00 bits per heavy atom. The Morgan fingerprint density at radius 2 is 2.00 bits per heavy atom. The van der Waals surface area contributed by atoms with Gasteiger partial charge in [0.05, 0.1) is 0 Å². The van der Waals surface area contributed by atoms with Gasteiger partial charge in [0, 0.05) is 9.76 Å². The van der Waals surface area contributed by atoms with Crippen molar-refractivity contribution in [2.45, 2.75) is 6.55 Å². The van der Waals surface area contributed by atoms with E-state index in [0.29, 0.717) is 0 Å². The minimum Gasteiger partial charge on any atom is -0.176 e. The van der Waals surface area contributed by atoms with Crippen molar-refractivity contribution in [2.75, 3.05) is 0 Å². The third kappa shape index (κ3) is 15.5. The predicted octanol–water partition coefficient (Wildman–Crippen LogP) is 0.244. The van der Waals surface area contributed by atoms with Crippen LogP contribution in [-0.4, -0.2) is 17.4 Å². The first-order valence-electron chi connectivity index (χ1n) is 1.08. The van der Waals surface area contributed by atoms with E-state index in [1.54, 1.807) is 0 Å². The fourth-order valence-corrected chi connectivity index (χ4v) is 0. The van der Waals surface area contributed by atoms with Crippen molar-refractivity contribution in [3.05, 3.63) is 0 Å². The second kappa shape index (κ2) is 1.99. The van der Waals surface area contributed by atoms with Crippen molar-refractivity contribution < 1.29 is 0 Å². The van der Waals surface area contributed by atoms with Gasteiger partial charge in [-0.3, -0.25) is 0 Å². The molecule has 23 valence electrons. The van der Waals surface area contributed by atoms with Gasteiger partial charge in [0.2, 0.25) is 0 Å². The van der Waals surface area contributed by atoms with E-state index in [1.807, 2.05) is 6.55 Å². The number of hydrogen-bond acceptors (Lipinski definition) is 0. The Morgan fingerprint density at radius 1 is 2.00 bits per heavy atom. The molecule has 0 spiro atoms. The number of rotatable bonds is 0. The molecule has 0 nitrogen and oxygen atoms in total. The third-order valence-corrected chi connectivity index (χ3v) is 0. The van der Waals surface area contributed by atoms with Gasteiger partial charge in [-0.25, -0.2) is 0 Å². The summed E-state index contributed by atoms with van der Waals surface area (Å²) < 4.78 is 0. The van der Waals surface area contributed by atoms with Crippen LogP contribution in [0.3, 0.4) is 0 Å². The summed E-state index contributed by atoms with van der Waals surface area (Å²) in [5.74, 6) is 0. The van der Waals surface area contributed by atoms with Crippen molar-refractivity contribution in [3.63, 3.8) is 0 Å². The van der Waals surface area contributed by atoms with E-state index in [4.69, 9.17) is 11.1 Å². The minimum atomic E-state index is -0.861. The van der Waals surface area contributed by atoms with Crippen LogP contribution in [0.4, 0.5) is 0 Å². The van der Waals surface area contributed by atoms with Crippen molar-refractivity contribution in [1.82, 2.24) is 0 Å². The van der Waals surface area contributed by atoms with Crippen molar-refractivity contribution in [2.24, 2.45) is 0 Å². The largest absolute Gasteiger partial charge is 0.176 e. The highest BCUT2D eigenvalue weighted by molar-refractivity contribution is 7.31. The van der Waals surface area contributed by atoms with E-state index in [2.05, 4.69) is 9.76 Å².